The Bertz CT molecular complexity index is 815. The van der Waals surface area contributed by atoms with Gasteiger partial charge < -0.3 is 20.9 Å². The van der Waals surface area contributed by atoms with Gasteiger partial charge in [-0.2, -0.15) is 0 Å². The molecular weight excluding hydrogens is 374 g/mol. The molecule has 0 saturated heterocycles. The summed E-state index contributed by atoms with van der Waals surface area (Å²) in [6.07, 6.45) is 2.85. The highest BCUT2D eigenvalue weighted by atomic mass is 16.1. The topological polar surface area (TPSA) is 68.8 Å². The first-order valence-corrected chi connectivity index (χ1v) is 10.6. The van der Waals surface area contributed by atoms with Crippen molar-refractivity contribution in [3.63, 3.8) is 0 Å². The zero-order valence-corrected chi connectivity index (χ0v) is 18.7. The molecule has 0 fully saturated rings. The second-order valence-corrected chi connectivity index (χ2v) is 7.38. The van der Waals surface area contributed by atoms with Gasteiger partial charge >= 0.3 is 0 Å². The van der Waals surface area contributed by atoms with Crippen LogP contribution in [0.1, 0.15) is 34.8 Å². The summed E-state index contributed by atoms with van der Waals surface area (Å²) in [5, 5.41) is 9.34. The van der Waals surface area contributed by atoms with E-state index >= 15 is 0 Å². The number of benzene rings is 2. The molecule has 0 aliphatic heterocycles. The van der Waals surface area contributed by atoms with E-state index in [1.165, 1.54) is 11.3 Å². The first-order chi connectivity index (χ1) is 14.5. The van der Waals surface area contributed by atoms with Crippen LogP contribution in [0.5, 0.6) is 0 Å². The highest BCUT2D eigenvalue weighted by Gasteiger charge is 2.04. The van der Waals surface area contributed by atoms with Crippen LogP contribution in [-0.2, 0) is 12.8 Å². The molecule has 0 radical (unpaired) electrons. The Labute approximate surface area is 180 Å². The van der Waals surface area contributed by atoms with Gasteiger partial charge in [-0.3, -0.25) is 9.79 Å². The van der Waals surface area contributed by atoms with E-state index < -0.39 is 0 Å². The van der Waals surface area contributed by atoms with Crippen LogP contribution in [0.4, 0.5) is 5.69 Å². The number of nitrogens with one attached hydrogen (secondary N) is 3. The third kappa shape index (κ3) is 7.78. The molecular formula is C24H35N5O. The standard InChI is InChI=1S/C24H35N5O/c1-5-26-24(27-16-7-9-19-11-13-22(14-12-19)29(3)4)28-17-15-20-8-6-10-21(18-20)23(30)25-2/h6,8,10-14,18H,5,7,9,15-17H2,1-4H3,(H,25,30)(H2,26,27,28). The van der Waals surface area contributed by atoms with Gasteiger partial charge in [0.1, 0.15) is 0 Å². The lowest BCUT2D eigenvalue weighted by Gasteiger charge is -2.13. The van der Waals surface area contributed by atoms with Crippen LogP contribution in [0.3, 0.4) is 0 Å². The van der Waals surface area contributed by atoms with Crippen LogP contribution >= 0.6 is 0 Å². The summed E-state index contributed by atoms with van der Waals surface area (Å²) in [6.45, 7) is 4.42. The lowest BCUT2D eigenvalue weighted by atomic mass is 10.1. The van der Waals surface area contributed by atoms with Crippen molar-refractivity contribution >= 4 is 17.6 Å². The van der Waals surface area contributed by atoms with E-state index in [9.17, 15) is 4.79 Å². The average Bonchev–Trinajstić information content (AvgIpc) is 2.76. The van der Waals surface area contributed by atoms with Crippen LogP contribution in [-0.4, -0.2) is 52.6 Å². The number of hydrogen-bond acceptors (Lipinski definition) is 3. The Hall–Kier alpha value is -3.02. The summed E-state index contributed by atoms with van der Waals surface area (Å²) in [5.41, 5.74) is 4.37. The van der Waals surface area contributed by atoms with Crippen LogP contribution in [0.25, 0.3) is 0 Å². The van der Waals surface area contributed by atoms with E-state index in [2.05, 4.69) is 71.1 Å². The van der Waals surface area contributed by atoms with Gasteiger partial charge in [-0.1, -0.05) is 24.3 Å². The number of anilines is 1. The SMILES string of the molecule is CCNC(=NCCCc1ccc(N(C)C)cc1)NCCc1cccc(C(=O)NC)c1. The Morgan fingerprint density at radius 2 is 1.77 bits per heavy atom. The summed E-state index contributed by atoms with van der Waals surface area (Å²) in [5.74, 6) is 0.777. The van der Waals surface area contributed by atoms with Gasteiger partial charge in [-0.25, -0.2) is 0 Å². The third-order valence-electron chi connectivity index (χ3n) is 4.81. The molecule has 0 unspecified atom stereocenters. The number of aliphatic imine (C=N–C) groups is 1. The molecule has 0 bridgehead atoms. The van der Waals surface area contributed by atoms with E-state index in [1.54, 1.807) is 7.05 Å². The van der Waals surface area contributed by atoms with Gasteiger partial charge in [-0.05, 0) is 61.6 Å². The van der Waals surface area contributed by atoms with Crippen molar-refractivity contribution in [3.8, 4) is 0 Å². The van der Waals surface area contributed by atoms with Crippen LogP contribution in [0, 0.1) is 0 Å². The number of rotatable bonds is 10. The third-order valence-corrected chi connectivity index (χ3v) is 4.81. The molecule has 1 amide bonds. The lowest BCUT2D eigenvalue weighted by molar-refractivity contribution is 0.0963. The number of amides is 1. The van der Waals surface area contributed by atoms with Crippen molar-refractivity contribution in [2.24, 2.45) is 4.99 Å². The summed E-state index contributed by atoms with van der Waals surface area (Å²) in [7, 11) is 5.75. The van der Waals surface area contributed by atoms with Crippen molar-refractivity contribution < 1.29 is 4.79 Å². The van der Waals surface area contributed by atoms with Crippen LogP contribution in [0.15, 0.2) is 53.5 Å². The maximum absolute atomic E-state index is 11.8. The molecule has 2 aromatic rings. The van der Waals surface area contributed by atoms with Crippen molar-refractivity contribution in [2.75, 3.05) is 45.7 Å². The maximum Gasteiger partial charge on any atom is 0.251 e. The second kappa shape index (κ2) is 12.5. The fourth-order valence-corrected chi connectivity index (χ4v) is 3.11. The van der Waals surface area contributed by atoms with Gasteiger partial charge in [0.05, 0.1) is 0 Å². The Kier molecular flexibility index (Phi) is 9.71. The Morgan fingerprint density at radius 3 is 2.43 bits per heavy atom. The second-order valence-electron chi connectivity index (χ2n) is 7.38. The van der Waals surface area contributed by atoms with Crippen molar-refractivity contribution in [3.05, 3.63) is 65.2 Å². The zero-order valence-electron chi connectivity index (χ0n) is 18.7. The van der Waals surface area contributed by atoms with Crippen molar-refractivity contribution in [2.45, 2.75) is 26.2 Å². The summed E-state index contributed by atoms with van der Waals surface area (Å²) >= 11 is 0. The van der Waals surface area contributed by atoms with Gasteiger partial charge in [0.2, 0.25) is 0 Å². The summed E-state index contributed by atoms with van der Waals surface area (Å²) in [4.78, 5) is 18.6. The lowest BCUT2D eigenvalue weighted by Crippen LogP contribution is -2.38. The van der Waals surface area contributed by atoms with E-state index in [1.807, 2.05) is 24.3 Å². The molecule has 2 rings (SSSR count). The number of carbonyl (C=O) groups excluding carboxylic acids is 1. The highest BCUT2D eigenvalue weighted by Crippen LogP contribution is 2.13. The van der Waals surface area contributed by atoms with E-state index in [0.717, 1.165) is 50.4 Å². The predicted octanol–water partition coefficient (Wildman–Crippen LogP) is 2.84. The van der Waals surface area contributed by atoms with E-state index in [-0.39, 0.29) is 5.91 Å². The fourth-order valence-electron chi connectivity index (χ4n) is 3.11. The van der Waals surface area contributed by atoms with Gasteiger partial charge in [0, 0.05) is 52.0 Å². The molecule has 0 atom stereocenters. The number of aryl methyl sites for hydroxylation is 1. The normalized spacial score (nSPS) is 11.1. The van der Waals surface area contributed by atoms with Gasteiger partial charge in [0.25, 0.3) is 5.91 Å². The zero-order chi connectivity index (χ0) is 21.8. The molecule has 0 aliphatic carbocycles. The first-order valence-electron chi connectivity index (χ1n) is 10.6. The highest BCUT2D eigenvalue weighted by molar-refractivity contribution is 5.94. The monoisotopic (exact) mass is 409 g/mol. The summed E-state index contributed by atoms with van der Waals surface area (Å²) < 4.78 is 0. The molecule has 0 saturated carbocycles. The molecule has 0 aromatic heterocycles. The average molecular weight is 410 g/mol. The molecule has 6 nitrogen and oxygen atoms in total. The number of carbonyl (C=O) groups is 1. The molecule has 6 heteroatoms. The minimum atomic E-state index is -0.0592. The molecule has 0 aliphatic rings. The molecule has 0 heterocycles. The quantitative estimate of drug-likeness (QED) is 0.321. The Balaban J connectivity index is 1.79. The maximum atomic E-state index is 11.8. The minimum absolute atomic E-state index is 0.0592. The molecule has 2 aromatic carbocycles. The molecule has 30 heavy (non-hydrogen) atoms. The van der Waals surface area contributed by atoms with Gasteiger partial charge in [-0.15, -0.1) is 0 Å². The first kappa shape index (κ1) is 23.3. The smallest absolute Gasteiger partial charge is 0.251 e. The molecule has 162 valence electrons. The van der Waals surface area contributed by atoms with E-state index in [0.29, 0.717) is 5.56 Å². The predicted molar refractivity (Wildman–Crippen MR) is 127 cm³/mol. The van der Waals surface area contributed by atoms with Crippen LogP contribution in [0.2, 0.25) is 0 Å². The van der Waals surface area contributed by atoms with E-state index in [4.69, 9.17) is 0 Å². The number of guanidine groups is 1. The van der Waals surface area contributed by atoms with Crippen molar-refractivity contribution in [1.82, 2.24) is 16.0 Å². The number of nitrogens with zero attached hydrogens (tertiary/aromatic N) is 2. The molecule has 0 spiro atoms. The Morgan fingerprint density at radius 1 is 1.00 bits per heavy atom. The molecule has 3 N–H and O–H groups in total. The summed E-state index contributed by atoms with van der Waals surface area (Å²) in [6, 6.07) is 16.4. The van der Waals surface area contributed by atoms with Gasteiger partial charge in [0.15, 0.2) is 5.96 Å². The minimum Gasteiger partial charge on any atom is -0.378 e. The van der Waals surface area contributed by atoms with Crippen molar-refractivity contribution in [1.29, 1.82) is 0 Å². The fraction of sp³-hybridized carbons (Fsp3) is 0.417. The largest absolute Gasteiger partial charge is 0.378 e. The number of hydrogen-bond donors (Lipinski definition) is 3. The van der Waals surface area contributed by atoms with Crippen LogP contribution < -0.4 is 20.9 Å².